The summed E-state index contributed by atoms with van der Waals surface area (Å²) in [7, 11) is -1.83. The molecule has 1 aromatic rings. The third-order valence-electron chi connectivity index (χ3n) is 4.75. The second-order valence-electron chi connectivity index (χ2n) is 6.64. The molecule has 0 aliphatic carbocycles. The number of nitrogens with zero attached hydrogens (tertiary/aromatic N) is 2. The molecule has 1 unspecified atom stereocenters. The molecule has 1 aromatic carbocycles. The van der Waals surface area contributed by atoms with Crippen molar-refractivity contribution in [3.05, 3.63) is 23.8 Å². The highest BCUT2D eigenvalue weighted by Crippen LogP contribution is 2.39. The summed E-state index contributed by atoms with van der Waals surface area (Å²) in [4.78, 5) is 0. The molecule has 0 N–H and O–H groups in total. The Morgan fingerprint density at radius 2 is 1.88 bits per heavy atom. The molecule has 0 amide bonds. The van der Waals surface area contributed by atoms with E-state index in [0.29, 0.717) is 25.5 Å². The lowest BCUT2D eigenvalue weighted by Gasteiger charge is -2.31. The van der Waals surface area contributed by atoms with Crippen molar-refractivity contribution in [2.24, 2.45) is 0 Å². The average molecular weight is 354 g/mol. The summed E-state index contributed by atoms with van der Waals surface area (Å²) in [5, 5.41) is 0. The number of benzene rings is 1. The number of fused-ring (bicyclic) bond motifs is 1. The molecule has 2 aliphatic rings. The van der Waals surface area contributed by atoms with Gasteiger partial charge in [-0.1, -0.05) is 6.07 Å². The van der Waals surface area contributed by atoms with E-state index in [1.807, 2.05) is 32.0 Å². The summed E-state index contributed by atoms with van der Waals surface area (Å²) in [5.74, 6) is 1.45. The van der Waals surface area contributed by atoms with Gasteiger partial charge in [-0.15, -0.1) is 0 Å². The summed E-state index contributed by atoms with van der Waals surface area (Å²) in [6.07, 6.45) is 2.54. The molecule has 6 nitrogen and oxygen atoms in total. The Labute approximate surface area is 144 Å². The minimum Gasteiger partial charge on any atom is -0.490 e. The number of rotatable bonds is 4. The van der Waals surface area contributed by atoms with Crippen LogP contribution in [-0.2, 0) is 10.2 Å². The number of ether oxygens (including phenoxy) is 2. The van der Waals surface area contributed by atoms with Crippen LogP contribution in [0.1, 0.15) is 44.7 Å². The Kier molecular flexibility index (Phi) is 5.03. The van der Waals surface area contributed by atoms with Crippen LogP contribution in [0.2, 0.25) is 0 Å². The summed E-state index contributed by atoms with van der Waals surface area (Å²) in [5.41, 5.74) is 0.970. The highest BCUT2D eigenvalue weighted by atomic mass is 32.2. The number of hydrogen-bond donors (Lipinski definition) is 0. The molecule has 24 heavy (non-hydrogen) atoms. The maximum Gasteiger partial charge on any atom is 0.282 e. The molecule has 7 heteroatoms. The first-order chi connectivity index (χ1) is 11.4. The van der Waals surface area contributed by atoms with Crippen molar-refractivity contribution in [2.75, 3.05) is 26.8 Å². The smallest absolute Gasteiger partial charge is 0.282 e. The van der Waals surface area contributed by atoms with Crippen molar-refractivity contribution < 1.29 is 17.9 Å². The third-order valence-corrected chi connectivity index (χ3v) is 6.93. The van der Waals surface area contributed by atoms with Crippen molar-refractivity contribution in [1.29, 1.82) is 0 Å². The molecule has 1 fully saturated rings. The Hall–Kier alpha value is -1.31. The van der Waals surface area contributed by atoms with Gasteiger partial charge in [-0.2, -0.15) is 17.0 Å². The second-order valence-corrected chi connectivity index (χ2v) is 8.58. The van der Waals surface area contributed by atoms with Gasteiger partial charge in [0.1, 0.15) is 0 Å². The SMILES string of the molecule is CC(C)N(C)S(=O)(=O)N1CCCC1c1ccc2c(c1)OCCCO2. The highest BCUT2D eigenvalue weighted by molar-refractivity contribution is 7.86. The van der Waals surface area contributed by atoms with Crippen molar-refractivity contribution >= 4 is 10.2 Å². The highest BCUT2D eigenvalue weighted by Gasteiger charge is 2.38. The first-order valence-electron chi connectivity index (χ1n) is 8.55. The predicted molar refractivity (Wildman–Crippen MR) is 92.5 cm³/mol. The van der Waals surface area contributed by atoms with Gasteiger partial charge in [0.25, 0.3) is 10.2 Å². The molecule has 0 spiro atoms. The van der Waals surface area contributed by atoms with Crippen molar-refractivity contribution in [1.82, 2.24) is 8.61 Å². The molecule has 1 atom stereocenters. The fourth-order valence-electron chi connectivity index (χ4n) is 3.17. The maximum absolute atomic E-state index is 12.9. The zero-order valence-corrected chi connectivity index (χ0v) is 15.4. The van der Waals surface area contributed by atoms with E-state index in [1.165, 1.54) is 4.31 Å². The first-order valence-corrected chi connectivity index (χ1v) is 9.95. The fraction of sp³-hybridized carbons (Fsp3) is 0.647. The molecular weight excluding hydrogens is 328 g/mol. The van der Waals surface area contributed by atoms with E-state index in [1.54, 1.807) is 11.4 Å². The van der Waals surface area contributed by atoms with Gasteiger partial charge < -0.3 is 9.47 Å². The largest absolute Gasteiger partial charge is 0.490 e. The third kappa shape index (κ3) is 3.25. The van der Waals surface area contributed by atoms with Crippen LogP contribution in [0.5, 0.6) is 11.5 Å². The van der Waals surface area contributed by atoms with E-state index < -0.39 is 10.2 Å². The van der Waals surface area contributed by atoms with E-state index in [0.717, 1.165) is 30.6 Å². The first kappa shape index (κ1) is 17.5. The minimum absolute atomic E-state index is 0.0694. The molecule has 3 rings (SSSR count). The molecule has 2 heterocycles. The average Bonchev–Trinajstić information content (AvgIpc) is 2.94. The van der Waals surface area contributed by atoms with Crippen LogP contribution in [0.3, 0.4) is 0 Å². The van der Waals surface area contributed by atoms with E-state index in [-0.39, 0.29) is 12.1 Å². The quantitative estimate of drug-likeness (QED) is 0.834. The Morgan fingerprint density at radius 3 is 2.58 bits per heavy atom. The van der Waals surface area contributed by atoms with E-state index in [9.17, 15) is 8.42 Å². The fourth-order valence-corrected chi connectivity index (χ4v) is 4.94. The van der Waals surface area contributed by atoms with Crippen LogP contribution in [-0.4, -0.2) is 49.9 Å². The van der Waals surface area contributed by atoms with Gasteiger partial charge in [-0.3, -0.25) is 0 Å². The molecule has 0 bridgehead atoms. The molecule has 2 aliphatic heterocycles. The van der Waals surface area contributed by atoms with Crippen molar-refractivity contribution in [2.45, 2.75) is 45.2 Å². The van der Waals surface area contributed by atoms with Crippen LogP contribution in [0, 0.1) is 0 Å². The normalized spacial score (nSPS) is 22.1. The van der Waals surface area contributed by atoms with Gasteiger partial charge in [0, 0.05) is 26.1 Å². The van der Waals surface area contributed by atoms with Crippen molar-refractivity contribution in [3.8, 4) is 11.5 Å². The lowest BCUT2D eigenvalue weighted by atomic mass is 10.0. The lowest BCUT2D eigenvalue weighted by Crippen LogP contribution is -2.44. The van der Waals surface area contributed by atoms with Crippen LogP contribution in [0.4, 0.5) is 0 Å². The molecule has 134 valence electrons. The van der Waals surface area contributed by atoms with Gasteiger partial charge >= 0.3 is 0 Å². The zero-order valence-electron chi connectivity index (χ0n) is 14.6. The van der Waals surface area contributed by atoms with Gasteiger partial charge in [-0.05, 0) is 44.4 Å². The van der Waals surface area contributed by atoms with E-state index >= 15 is 0 Å². The second kappa shape index (κ2) is 6.90. The molecule has 0 aromatic heterocycles. The molecule has 0 radical (unpaired) electrons. The summed E-state index contributed by atoms with van der Waals surface area (Å²) < 4.78 is 40.3. The van der Waals surface area contributed by atoms with Gasteiger partial charge in [-0.25, -0.2) is 0 Å². The standard InChI is InChI=1S/C17H26N2O4S/c1-13(2)18(3)24(20,21)19-9-4-6-15(19)14-7-8-16-17(12-14)23-11-5-10-22-16/h7-8,12-13,15H,4-6,9-11H2,1-3H3. The molecule has 1 saturated heterocycles. The summed E-state index contributed by atoms with van der Waals surface area (Å²) in [6.45, 7) is 5.60. The van der Waals surface area contributed by atoms with Crippen LogP contribution in [0.25, 0.3) is 0 Å². The Bertz CT molecular complexity index is 690. The minimum atomic E-state index is -3.47. The van der Waals surface area contributed by atoms with Crippen LogP contribution in [0.15, 0.2) is 18.2 Å². The van der Waals surface area contributed by atoms with Crippen LogP contribution >= 0.6 is 0 Å². The Morgan fingerprint density at radius 1 is 1.17 bits per heavy atom. The topological polar surface area (TPSA) is 59.1 Å². The molecule has 0 saturated carbocycles. The number of hydrogen-bond acceptors (Lipinski definition) is 4. The predicted octanol–water partition coefficient (Wildman–Crippen LogP) is 2.57. The molecular formula is C17H26N2O4S. The maximum atomic E-state index is 12.9. The lowest BCUT2D eigenvalue weighted by molar-refractivity contribution is 0.296. The van der Waals surface area contributed by atoms with Crippen LogP contribution < -0.4 is 9.47 Å². The van der Waals surface area contributed by atoms with Gasteiger partial charge in [0.2, 0.25) is 0 Å². The summed E-state index contributed by atoms with van der Waals surface area (Å²) >= 11 is 0. The van der Waals surface area contributed by atoms with Gasteiger partial charge in [0.05, 0.1) is 19.3 Å². The summed E-state index contributed by atoms with van der Waals surface area (Å²) in [6, 6.07) is 5.58. The van der Waals surface area contributed by atoms with E-state index in [4.69, 9.17) is 9.47 Å². The van der Waals surface area contributed by atoms with E-state index in [2.05, 4.69) is 0 Å². The van der Waals surface area contributed by atoms with Gasteiger partial charge in [0.15, 0.2) is 11.5 Å². The van der Waals surface area contributed by atoms with Crippen molar-refractivity contribution in [3.63, 3.8) is 0 Å². The zero-order chi connectivity index (χ0) is 17.3. The monoisotopic (exact) mass is 354 g/mol. The Balaban J connectivity index is 1.90.